The number of aromatic amines is 1. The molecular formula is C56H96N8O15. The zero-order chi connectivity index (χ0) is 57.7. The van der Waals surface area contributed by atoms with Gasteiger partial charge in [-0.3, -0.25) is 43.3 Å². The van der Waals surface area contributed by atoms with Gasteiger partial charge < -0.3 is 61.6 Å². The topological polar surface area (TPSA) is 351 Å². The fraction of sp³-hybridized carbons (Fsp3) is 0.786. The number of ether oxygens (including phenoxy) is 4. The second-order valence-electron chi connectivity index (χ2n) is 20.6. The molecule has 0 bridgehead atoms. The molecule has 0 radical (unpaired) electrons. The fourth-order valence-corrected chi connectivity index (χ4v) is 9.27. The number of H-pyrrole nitrogens is 1. The molecule has 2 heterocycles. The molecule has 23 heteroatoms. The highest BCUT2D eigenvalue weighted by Crippen LogP contribution is 2.22. The van der Waals surface area contributed by atoms with Crippen LogP contribution < -0.4 is 27.4 Å². The molecule has 4 atom stereocenters. The average Bonchev–Trinajstić information content (AvgIpc) is 4.12. The van der Waals surface area contributed by atoms with E-state index in [4.69, 9.17) is 35.5 Å². The third-order valence-corrected chi connectivity index (χ3v) is 13.9. The molecule has 2 rings (SSSR count). The van der Waals surface area contributed by atoms with Crippen LogP contribution in [0.5, 0.6) is 0 Å². The van der Waals surface area contributed by atoms with Crippen molar-refractivity contribution >= 4 is 52.9 Å². The van der Waals surface area contributed by atoms with E-state index in [1.165, 1.54) is 44.9 Å². The molecule has 0 unspecified atom stereocenters. The van der Waals surface area contributed by atoms with Crippen LogP contribution >= 0.6 is 0 Å². The van der Waals surface area contributed by atoms with Crippen molar-refractivity contribution in [2.24, 2.45) is 17.4 Å². The molecule has 450 valence electrons. The van der Waals surface area contributed by atoms with Crippen molar-refractivity contribution < 1.29 is 72.3 Å². The number of nitrogens with two attached hydrogens (primary N) is 2. The van der Waals surface area contributed by atoms with Crippen LogP contribution in [0, 0.1) is 5.92 Å². The molecule has 1 aromatic rings. The SMILES string of the molecule is NC(=O)[C@@H]1CCCN1CC(=O)[C@@H](CCCCNC(=O)COCCOCCNC(=O)COCCOCCCC(=O)CC[C@H](NC(=O)CCCCCCCCCCCCCCCCC(=O)O)C(=O)O)CCC(=O)[C@@H](N)Cc1cnc[nH]1. The molecule has 0 spiro atoms. The van der Waals surface area contributed by atoms with Gasteiger partial charge in [0, 0.05) is 76.0 Å². The minimum Gasteiger partial charge on any atom is -0.481 e. The van der Waals surface area contributed by atoms with Crippen LogP contribution in [0.2, 0.25) is 0 Å². The first-order chi connectivity index (χ1) is 38.2. The maximum absolute atomic E-state index is 13.4. The van der Waals surface area contributed by atoms with Crippen molar-refractivity contribution in [2.75, 3.05) is 79.0 Å². The van der Waals surface area contributed by atoms with Gasteiger partial charge >= 0.3 is 11.9 Å². The lowest BCUT2D eigenvalue weighted by atomic mass is 9.89. The van der Waals surface area contributed by atoms with Gasteiger partial charge in [0.1, 0.15) is 36.6 Å². The van der Waals surface area contributed by atoms with Crippen LogP contribution in [0.3, 0.4) is 0 Å². The number of Topliss-reactive ketones (excluding diaryl/α,β-unsaturated/α-hetero) is 3. The predicted molar refractivity (Wildman–Crippen MR) is 294 cm³/mol. The van der Waals surface area contributed by atoms with Crippen LogP contribution in [0.25, 0.3) is 0 Å². The number of hydrogen-bond acceptors (Lipinski definition) is 16. The number of likely N-dealkylation sites (tertiary alicyclic amines) is 1. The number of aliphatic carboxylic acids is 2. The van der Waals surface area contributed by atoms with E-state index in [1.54, 1.807) is 6.20 Å². The summed E-state index contributed by atoms with van der Waals surface area (Å²) in [6.45, 7) is 2.24. The Hall–Kier alpha value is -5.20. The van der Waals surface area contributed by atoms with Crippen LogP contribution in [-0.4, -0.2) is 175 Å². The molecule has 23 nitrogen and oxygen atoms in total. The first-order valence-electron chi connectivity index (χ1n) is 29.1. The number of carbonyl (C=O) groups excluding carboxylic acids is 7. The van der Waals surface area contributed by atoms with E-state index in [2.05, 4.69) is 25.9 Å². The highest BCUT2D eigenvalue weighted by atomic mass is 16.5. The third kappa shape index (κ3) is 37.4. The zero-order valence-electron chi connectivity index (χ0n) is 47.0. The summed E-state index contributed by atoms with van der Waals surface area (Å²) in [6.07, 6.45) is 23.3. The molecule has 1 saturated heterocycles. The zero-order valence-corrected chi connectivity index (χ0v) is 47.0. The normalized spacial score (nSPS) is 14.6. The van der Waals surface area contributed by atoms with Crippen LogP contribution in [0.4, 0.5) is 0 Å². The van der Waals surface area contributed by atoms with Gasteiger partial charge in [0.15, 0.2) is 0 Å². The number of rotatable bonds is 54. The summed E-state index contributed by atoms with van der Waals surface area (Å²) < 4.78 is 21.7. The number of nitrogens with zero attached hydrogens (tertiary/aromatic N) is 2. The lowest BCUT2D eigenvalue weighted by Crippen LogP contribution is -2.44. The Bertz CT molecular complexity index is 1890. The van der Waals surface area contributed by atoms with Crippen LogP contribution in [0.15, 0.2) is 12.5 Å². The molecule has 0 aliphatic carbocycles. The second kappa shape index (κ2) is 45.5. The highest BCUT2D eigenvalue weighted by Gasteiger charge is 2.32. The molecule has 4 amide bonds. The summed E-state index contributed by atoms with van der Waals surface area (Å²) in [5.41, 5.74) is 12.4. The van der Waals surface area contributed by atoms with Gasteiger partial charge in [0.25, 0.3) is 0 Å². The number of carbonyl (C=O) groups is 9. The van der Waals surface area contributed by atoms with Crippen molar-refractivity contribution in [3.63, 3.8) is 0 Å². The number of amides is 4. The Morgan fingerprint density at radius 1 is 0.620 bits per heavy atom. The van der Waals surface area contributed by atoms with E-state index in [9.17, 15) is 48.3 Å². The molecule has 79 heavy (non-hydrogen) atoms. The molecule has 1 aromatic heterocycles. The van der Waals surface area contributed by atoms with Gasteiger partial charge in [-0.1, -0.05) is 83.5 Å². The first-order valence-corrected chi connectivity index (χ1v) is 29.1. The summed E-state index contributed by atoms with van der Waals surface area (Å²) in [5, 5.41) is 26.3. The average molecular weight is 1120 g/mol. The third-order valence-electron chi connectivity index (χ3n) is 13.9. The molecule has 0 saturated carbocycles. The number of carboxylic acids is 2. The number of hydrogen-bond donors (Lipinski definition) is 8. The largest absolute Gasteiger partial charge is 0.481 e. The summed E-state index contributed by atoms with van der Waals surface area (Å²) in [5.74, 6) is -4.02. The van der Waals surface area contributed by atoms with Gasteiger partial charge in [-0.2, -0.15) is 0 Å². The Balaban J connectivity index is 1.41. The summed E-state index contributed by atoms with van der Waals surface area (Å²) >= 11 is 0. The molecule has 0 aromatic carbocycles. The van der Waals surface area contributed by atoms with Gasteiger partial charge in [-0.25, -0.2) is 9.78 Å². The van der Waals surface area contributed by atoms with E-state index < -0.39 is 41.9 Å². The smallest absolute Gasteiger partial charge is 0.326 e. The summed E-state index contributed by atoms with van der Waals surface area (Å²) in [4.78, 5) is 118. The number of unbranched alkanes of at least 4 members (excludes halogenated alkanes) is 14. The van der Waals surface area contributed by atoms with E-state index >= 15 is 0 Å². The van der Waals surface area contributed by atoms with Crippen molar-refractivity contribution in [1.82, 2.24) is 30.8 Å². The predicted octanol–water partition coefficient (Wildman–Crippen LogP) is 4.26. The summed E-state index contributed by atoms with van der Waals surface area (Å²) in [6, 6.07) is -2.32. The van der Waals surface area contributed by atoms with E-state index in [0.29, 0.717) is 64.5 Å². The fourth-order valence-electron chi connectivity index (χ4n) is 9.27. The monoisotopic (exact) mass is 1120 g/mol. The Labute approximate surface area is 467 Å². The number of ketones is 3. The number of imidazole rings is 1. The van der Waals surface area contributed by atoms with Gasteiger partial charge in [0.2, 0.25) is 23.6 Å². The summed E-state index contributed by atoms with van der Waals surface area (Å²) in [7, 11) is 0. The molecular weight excluding hydrogens is 1020 g/mol. The lowest BCUT2D eigenvalue weighted by Gasteiger charge is -2.24. The Morgan fingerprint density at radius 2 is 1.20 bits per heavy atom. The number of nitrogens with one attached hydrogen (secondary N) is 4. The molecule has 1 aliphatic heterocycles. The maximum atomic E-state index is 13.4. The first kappa shape index (κ1) is 69.9. The highest BCUT2D eigenvalue weighted by molar-refractivity contribution is 5.88. The van der Waals surface area contributed by atoms with E-state index in [0.717, 1.165) is 57.1 Å². The number of aromatic nitrogens is 2. The van der Waals surface area contributed by atoms with Crippen molar-refractivity contribution in [2.45, 2.75) is 198 Å². The number of primary amides is 1. The van der Waals surface area contributed by atoms with Gasteiger partial charge in [0.05, 0.1) is 58.0 Å². The Kier molecular flexibility index (Phi) is 40.3. The van der Waals surface area contributed by atoms with Gasteiger partial charge in [-0.15, -0.1) is 0 Å². The standard InChI is InChI=1S/C56H96N8O15/c57-46(37-44-38-59-42-62-44)49(66)27-24-43(50(67)39-64-30-17-21-48(64)55(58)73)19-15-16-28-60-52(69)40-79-36-34-77-32-29-61-53(70)41-78-35-33-76-31-18-20-45(65)25-26-47(56(74)75)63-51(68)22-13-11-9-7-5-3-1-2-4-6-8-10-12-14-23-54(71)72/h38,42-43,46-48H,1-37,39-41,57H2,(H2,58,73)(H,59,62)(H,60,69)(H,61,70)(H,63,68)(H,71,72)(H,74,75)/t43-,46-,47-,48-/m0/s1. The second-order valence-corrected chi connectivity index (χ2v) is 20.6. The molecule has 10 N–H and O–H groups in total. The minimum absolute atomic E-state index is 0.0200. The molecule has 1 aliphatic rings. The van der Waals surface area contributed by atoms with E-state index in [-0.39, 0.29) is 140 Å². The van der Waals surface area contributed by atoms with Crippen molar-refractivity contribution in [1.29, 1.82) is 0 Å². The maximum Gasteiger partial charge on any atom is 0.326 e. The van der Waals surface area contributed by atoms with Crippen LogP contribution in [0.1, 0.15) is 179 Å². The Morgan fingerprint density at radius 3 is 1.78 bits per heavy atom. The minimum atomic E-state index is -1.17. The van der Waals surface area contributed by atoms with Crippen molar-refractivity contribution in [3.8, 4) is 0 Å². The van der Waals surface area contributed by atoms with Gasteiger partial charge in [-0.05, 0) is 64.3 Å². The lowest BCUT2D eigenvalue weighted by molar-refractivity contribution is -0.142. The molecule has 1 fully saturated rings. The van der Waals surface area contributed by atoms with Crippen molar-refractivity contribution in [3.05, 3.63) is 18.2 Å². The van der Waals surface area contributed by atoms with Crippen LogP contribution in [-0.2, 0) is 68.5 Å². The number of carboxylic acid groups (broad SMARTS) is 2. The quantitative estimate of drug-likeness (QED) is 0.0422. The van der Waals surface area contributed by atoms with E-state index in [1.807, 2.05) is 4.90 Å².